The molecule has 0 atom stereocenters. The van der Waals surface area contributed by atoms with E-state index in [9.17, 15) is 18.0 Å². The summed E-state index contributed by atoms with van der Waals surface area (Å²) in [5, 5.41) is 2.34. The highest BCUT2D eigenvalue weighted by Crippen LogP contribution is 2.23. The number of amides is 1. The van der Waals surface area contributed by atoms with Crippen molar-refractivity contribution >= 4 is 22.5 Å². The van der Waals surface area contributed by atoms with Gasteiger partial charge >= 0.3 is 12.1 Å². The van der Waals surface area contributed by atoms with Gasteiger partial charge in [-0.1, -0.05) is 0 Å². The van der Waals surface area contributed by atoms with Crippen LogP contribution in [-0.4, -0.2) is 24.2 Å². The molecular weight excluding hydrogens is 261 g/mol. The van der Waals surface area contributed by atoms with Crippen LogP contribution in [0.3, 0.4) is 0 Å². The largest absolute Gasteiger partial charge is 0.497 e. The second kappa shape index (κ2) is 4.75. The van der Waals surface area contributed by atoms with E-state index in [-0.39, 0.29) is 5.69 Å². The second-order valence-electron chi connectivity index (χ2n) is 3.73. The Hall–Kier alpha value is -2.31. The van der Waals surface area contributed by atoms with Crippen LogP contribution in [0.15, 0.2) is 30.5 Å². The summed E-state index contributed by atoms with van der Waals surface area (Å²) in [6, 6.07) is 6.35. The first-order valence-corrected chi connectivity index (χ1v) is 5.22. The Morgan fingerprint density at radius 1 is 1.32 bits per heavy atom. The van der Waals surface area contributed by atoms with E-state index >= 15 is 0 Å². The molecule has 0 fully saturated rings. The summed E-state index contributed by atoms with van der Waals surface area (Å²) in [6.07, 6.45) is -3.76. The first-order chi connectivity index (χ1) is 8.90. The summed E-state index contributed by atoms with van der Waals surface area (Å²) in [4.78, 5) is 14.7. The van der Waals surface area contributed by atoms with E-state index in [0.717, 1.165) is 6.20 Å². The van der Waals surface area contributed by atoms with Crippen molar-refractivity contribution in [3.05, 3.63) is 30.5 Å². The highest BCUT2D eigenvalue weighted by molar-refractivity contribution is 5.96. The summed E-state index contributed by atoms with van der Waals surface area (Å²) in [5.41, 5.74) is 0.546. The van der Waals surface area contributed by atoms with Gasteiger partial charge in [-0.2, -0.15) is 13.2 Å². The number of halogens is 3. The molecule has 100 valence electrons. The summed E-state index contributed by atoms with van der Waals surface area (Å²) < 4.78 is 41.3. The van der Waals surface area contributed by atoms with Crippen molar-refractivity contribution in [1.82, 2.24) is 4.98 Å². The number of aromatic nitrogens is 1. The third-order valence-corrected chi connectivity index (χ3v) is 2.41. The maximum absolute atomic E-state index is 12.1. The predicted molar refractivity (Wildman–Crippen MR) is 63.0 cm³/mol. The van der Waals surface area contributed by atoms with Crippen LogP contribution in [0, 0.1) is 0 Å². The van der Waals surface area contributed by atoms with Crippen LogP contribution < -0.4 is 10.1 Å². The Kier molecular flexibility index (Phi) is 3.28. The Morgan fingerprint density at radius 2 is 2.05 bits per heavy atom. The maximum atomic E-state index is 12.1. The van der Waals surface area contributed by atoms with Gasteiger partial charge in [-0.25, -0.2) is 0 Å². The zero-order chi connectivity index (χ0) is 14.0. The van der Waals surface area contributed by atoms with Gasteiger partial charge < -0.3 is 10.1 Å². The predicted octanol–water partition coefficient (Wildman–Crippen LogP) is 2.74. The summed E-state index contributed by atoms with van der Waals surface area (Å²) in [5.74, 6) is -1.44. The zero-order valence-corrected chi connectivity index (χ0v) is 9.78. The number of nitrogens with zero attached hydrogens (tertiary/aromatic N) is 1. The zero-order valence-electron chi connectivity index (χ0n) is 9.78. The molecule has 0 bridgehead atoms. The van der Waals surface area contributed by atoms with Gasteiger partial charge in [0.25, 0.3) is 0 Å². The van der Waals surface area contributed by atoms with Crippen molar-refractivity contribution in [3.63, 3.8) is 0 Å². The molecule has 0 aliphatic heterocycles. The fourth-order valence-electron chi connectivity index (χ4n) is 1.50. The number of rotatable bonds is 2. The molecule has 2 aromatic rings. The number of alkyl halides is 3. The van der Waals surface area contributed by atoms with Crippen molar-refractivity contribution in [2.24, 2.45) is 0 Å². The normalized spacial score (nSPS) is 11.4. The maximum Gasteiger partial charge on any atom is 0.471 e. The van der Waals surface area contributed by atoms with Crippen molar-refractivity contribution in [1.29, 1.82) is 0 Å². The highest BCUT2D eigenvalue weighted by atomic mass is 19.4. The topological polar surface area (TPSA) is 51.2 Å². The molecule has 0 unspecified atom stereocenters. The third-order valence-electron chi connectivity index (χ3n) is 2.41. The SMILES string of the molecule is COc1ccc2cc(NC(=O)C(F)(F)F)cnc2c1. The van der Waals surface area contributed by atoms with E-state index in [1.807, 2.05) is 0 Å². The summed E-state index contributed by atoms with van der Waals surface area (Å²) in [6.45, 7) is 0. The van der Waals surface area contributed by atoms with Crippen molar-refractivity contribution in [3.8, 4) is 5.75 Å². The van der Waals surface area contributed by atoms with Crippen LogP contribution in [0.25, 0.3) is 10.9 Å². The molecule has 0 radical (unpaired) electrons. The fraction of sp³-hybridized carbons (Fsp3) is 0.167. The molecule has 1 amide bonds. The first kappa shape index (κ1) is 13.1. The van der Waals surface area contributed by atoms with E-state index in [1.54, 1.807) is 23.5 Å². The van der Waals surface area contributed by atoms with Crippen LogP contribution in [0.2, 0.25) is 0 Å². The number of ether oxygens (including phenoxy) is 1. The van der Waals surface area contributed by atoms with Crippen LogP contribution in [0.1, 0.15) is 0 Å². The van der Waals surface area contributed by atoms with Gasteiger partial charge in [-0.05, 0) is 18.2 Å². The minimum absolute atomic E-state index is 0.0139. The standard InChI is InChI=1S/C12H9F3N2O2/c1-19-9-3-2-7-4-8(6-16-10(7)5-9)17-11(18)12(13,14)15/h2-6H,1H3,(H,17,18). The number of carbonyl (C=O) groups excluding carboxylic acids is 1. The van der Waals surface area contributed by atoms with Gasteiger partial charge in [0.05, 0.1) is 24.5 Å². The number of pyridine rings is 1. The lowest BCUT2D eigenvalue weighted by atomic mass is 10.2. The molecule has 1 aromatic heterocycles. The number of hydrogen-bond acceptors (Lipinski definition) is 3. The molecule has 4 nitrogen and oxygen atoms in total. The fourth-order valence-corrected chi connectivity index (χ4v) is 1.50. The minimum Gasteiger partial charge on any atom is -0.497 e. The second-order valence-corrected chi connectivity index (χ2v) is 3.73. The van der Waals surface area contributed by atoms with Gasteiger partial charge in [-0.3, -0.25) is 9.78 Å². The number of fused-ring (bicyclic) bond motifs is 1. The van der Waals surface area contributed by atoms with Gasteiger partial charge in [-0.15, -0.1) is 0 Å². The summed E-state index contributed by atoms with van der Waals surface area (Å²) >= 11 is 0. The molecule has 7 heteroatoms. The number of benzene rings is 1. The molecule has 0 saturated carbocycles. The van der Waals surface area contributed by atoms with Crippen molar-refractivity contribution in [2.45, 2.75) is 6.18 Å². The van der Waals surface area contributed by atoms with Crippen LogP contribution in [-0.2, 0) is 4.79 Å². The average Bonchev–Trinajstić information content (AvgIpc) is 2.37. The summed E-state index contributed by atoms with van der Waals surface area (Å²) in [7, 11) is 1.50. The Balaban J connectivity index is 2.30. The number of carbonyl (C=O) groups is 1. The Bertz CT molecular complexity index is 626. The quantitative estimate of drug-likeness (QED) is 0.912. The van der Waals surface area contributed by atoms with Crippen LogP contribution in [0.4, 0.5) is 18.9 Å². The van der Waals surface area contributed by atoms with Crippen LogP contribution >= 0.6 is 0 Å². The lowest BCUT2D eigenvalue weighted by Crippen LogP contribution is -2.29. The molecule has 0 spiro atoms. The first-order valence-electron chi connectivity index (χ1n) is 5.22. The van der Waals surface area contributed by atoms with Gasteiger partial charge in [0.2, 0.25) is 0 Å². The van der Waals surface area contributed by atoms with E-state index in [0.29, 0.717) is 16.7 Å². The van der Waals surface area contributed by atoms with Crippen molar-refractivity contribution in [2.75, 3.05) is 12.4 Å². The third kappa shape index (κ3) is 2.93. The van der Waals surface area contributed by atoms with E-state index in [2.05, 4.69) is 4.98 Å². The average molecular weight is 270 g/mol. The number of nitrogens with one attached hydrogen (secondary N) is 1. The van der Waals surface area contributed by atoms with Crippen LogP contribution in [0.5, 0.6) is 5.75 Å². The molecule has 0 aliphatic carbocycles. The lowest BCUT2D eigenvalue weighted by Gasteiger charge is -2.08. The monoisotopic (exact) mass is 270 g/mol. The smallest absolute Gasteiger partial charge is 0.471 e. The number of anilines is 1. The highest BCUT2D eigenvalue weighted by Gasteiger charge is 2.38. The minimum atomic E-state index is -4.92. The lowest BCUT2D eigenvalue weighted by molar-refractivity contribution is -0.167. The van der Waals surface area contributed by atoms with E-state index < -0.39 is 12.1 Å². The molecular formula is C12H9F3N2O2. The Labute approximate surface area is 106 Å². The van der Waals surface area contributed by atoms with E-state index in [1.165, 1.54) is 13.2 Å². The van der Waals surface area contributed by atoms with Gasteiger partial charge in [0.15, 0.2) is 0 Å². The van der Waals surface area contributed by atoms with E-state index in [4.69, 9.17) is 4.74 Å². The molecule has 19 heavy (non-hydrogen) atoms. The molecule has 0 saturated heterocycles. The van der Waals surface area contributed by atoms with Gasteiger partial charge in [0.1, 0.15) is 5.75 Å². The van der Waals surface area contributed by atoms with Gasteiger partial charge in [0, 0.05) is 11.5 Å². The molecule has 1 N–H and O–H groups in total. The number of hydrogen-bond donors (Lipinski definition) is 1. The molecule has 0 aliphatic rings. The number of methoxy groups -OCH3 is 1. The molecule has 2 rings (SSSR count). The molecule has 1 heterocycles. The molecule has 1 aromatic carbocycles. The Morgan fingerprint density at radius 3 is 2.68 bits per heavy atom. The van der Waals surface area contributed by atoms with Crippen molar-refractivity contribution < 1.29 is 22.7 Å².